The Morgan fingerprint density at radius 2 is 2.04 bits per heavy atom. The summed E-state index contributed by atoms with van der Waals surface area (Å²) in [5, 5.41) is 17.7. The fourth-order valence-corrected chi connectivity index (χ4v) is 4.81. The number of rotatable bonds is 4. The molecule has 3 aliphatic rings. The molecule has 138 valence electrons. The molecule has 2 aromatic heterocycles. The second-order valence-corrected chi connectivity index (χ2v) is 9.17. The Balaban J connectivity index is 1.34. The van der Waals surface area contributed by atoms with Gasteiger partial charge in [0.25, 0.3) is 16.1 Å². The predicted molar refractivity (Wildman–Crippen MR) is 91.0 cm³/mol. The SMILES string of the molecule is NS(=O)(=O)N1CCC2(CC1)CC2c1noc(-c2ccnnc2C2CC2)n1. The summed E-state index contributed by atoms with van der Waals surface area (Å²) in [6, 6.07) is 1.88. The summed E-state index contributed by atoms with van der Waals surface area (Å²) in [7, 11) is -3.60. The highest BCUT2D eigenvalue weighted by Crippen LogP contribution is 2.64. The van der Waals surface area contributed by atoms with E-state index in [0.717, 1.165) is 43.4 Å². The summed E-state index contributed by atoms with van der Waals surface area (Å²) in [6.45, 7) is 0.917. The second-order valence-electron chi connectivity index (χ2n) is 7.63. The zero-order chi connectivity index (χ0) is 17.9. The maximum absolute atomic E-state index is 11.5. The molecule has 0 radical (unpaired) electrons. The van der Waals surface area contributed by atoms with Crippen molar-refractivity contribution in [2.75, 3.05) is 13.1 Å². The summed E-state index contributed by atoms with van der Waals surface area (Å²) in [4.78, 5) is 4.63. The molecule has 2 N–H and O–H groups in total. The number of nitrogens with two attached hydrogens (primary N) is 1. The molecule has 2 aromatic rings. The Bertz CT molecular complexity index is 946. The summed E-state index contributed by atoms with van der Waals surface area (Å²) < 4.78 is 29.8. The molecule has 1 spiro atoms. The normalized spacial score (nSPS) is 25.5. The van der Waals surface area contributed by atoms with Gasteiger partial charge < -0.3 is 4.52 Å². The molecule has 1 atom stereocenters. The highest BCUT2D eigenvalue weighted by atomic mass is 32.2. The molecule has 9 nitrogen and oxygen atoms in total. The lowest BCUT2D eigenvalue weighted by atomic mass is 9.92. The van der Waals surface area contributed by atoms with E-state index in [-0.39, 0.29) is 11.3 Å². The fourth-order valence-electron chi connectivity index (χ4n) is 4.12. The van der Waals surface area contributed by atoms with Gasteiger partial charge in [0.1, 0.15) is 0 Å². The first kappa shape index (κ1) is 16.3. The van der Waals surface area contributed by atoms with Gasteiger partial charge >= 0.3 is 0 Å². The minimum atomic E-state index is -3.60. The van der Waals surface area contributed by atoms with Gasteiger partial charge in [0, 0.05) is 24.9 Å². The van der Waals surface area contributed by atoms with Crippen LogP contribution in [-0.2, 0) is 10.2 Å². The smallest absolute Gasteiger partial charge is 0.276 e. The average molecular weight is 376 g/mol. The summed E-state index contributed by atoms with van der Waals surface area (Å²) in [6.07, 6.45) is 6.42. The predicted octanol–water partition coefficient (Wildman–Crippen LogP) is 1.18. The number of hydrogen-bond donors (Lipinski definition) is 1. The van der Waals surface area contributed by atoms with E-state index in [0.29, 0.717) is 30.7 Å². The Morgan fingerprint density at radius 3 is 2.73 bits per heavy atom. The molecule has 0 amide bonds. The molecular weight excluding hydrogens is 356 g/mol. The van der Waals surface area contributed by atoms with Gasteiger partial charge in [0.15, 0.2) is 5.82 Å². The first-order valence-corrected chi connectivity index (χ1v) is 10.4. The van der Waals surface area contributed by atoms with E-state index in [1.807, 2.05) is 6.07 Å². The first-order chi connectivity index (χ1) is 12.5. The lowest BCUT2D eigenvalue weighted by Gasteiger charge is -2.30. The van der Waals surface area contributed by atoms with Crippen LogP contribution in [0.25, 0.3) is 11.5 Å². The summed E-state index contributed by atoms with van der Waals surface area (Å²) in [5.41, 5.74) is 1.90. The molecule has 5 rings (SSSR count). The van der Waals surface area contributed by atoms with Crippen molar-refractivity contribution in [2.45, 2.75) is 43.9 Å². The Labute approximate surface area is 151 Å². The monoisotopic (exact) mass is 376 g/mol. The minimum absolute atomic E-state index is 0.0815. The standard InChI is InChI=1S/C16H20N6O3S/c17-26(23,24)22-7-4-16(5-8-22)9-12(16)14-19-15(25-21-14)11-3-6-18-20-13(11)10-1-2-10/h3,6,10,12H,1-2,4-5,7-9H2,(H2,17,23,24). The van der Waals surface area contributed by atoms with Gasteiger partial charge in [0.05, 0.1) is 17.5 Å². The van der Waals surface area contributed by atoms with Crippen LogP contribution < -0.4 is 5.14 Å². The molecule has 0 bridgehead atoms. The van der Waals surface area contributed by atoms with E-state index in [9.17, 15) is 8.42 Å². The van der Waals surface area contributed by atoms with E-state index in [4.69, 9.17) is 9.66 Å². The third-order valence-corrected chi connectivity index (χ3v) is 7.05. The van der Waals surface area contributed by atoms with Crippen LogP contribution in [0.5, 0.6) is 0 Å². The Morgan fingerprint density at radius 1 is 1.27 bits per heavy atom. The zero-order valence-corrected chi connectivity index (χ0v) is 15.0. The van der Waals surface area contributed by atoms with E-state index < -0.39 is 10.2 Å². The molecule has 26 heavy (non-hydrogen) atoms. The summed E-state index contributed by atoms with van der Waals surface area (Å²) >= 11 is 0. The lowest BCUT2D eigenvalue weighted by Crippen LogP contribution is -2.43. The number of hydrogen-bond acceptors (Lipinski definition) is 7. The van der Waals surface area contributed by atoms with Crippen LogP contribution in [-0.4, -0.2) is 46.2 Å². The first-order valence-electron chi connectivity index (χ1n) is 8.90. The largest absolute Gasteiger partial charge is 0.334 e. The second kappa shape index (κ2) is 5.54. The third kappa shape index (κ3) is 2.72. The molecule has 0 aromatic carbocycles. The van der Waals surface area contributed by atoms with E-state index in [1.54, 1.807) is 6.20 Å². The number of piperidine rings is 1. The van der Waals surface area contributed by atoms with Crippen LogP contribution >= 0.6 is 0 Å². The molecule has 1 unspecified atom stereocenters. The quantitative estimate of drug-likeness (QED) is 0.848. The van der Waals surface area contributed by atoms with Crippen LogP contribution in [0.15, 0.2) is 16.8 Å². The zero-order valence-electron chi connectivity index (χ0n) is 14.2. The van der Waals surface area contributed by atoms with Crippen LogP contribution in [0.3, 0.4) is 0 Å². The van der Waals surface area contributed by atoms with Gasteiger partial charge in [-0.15, -0.1) is 0 Å². The molecule has 10 heteroatoms. The van der Waals surface area contributed by atoms with Crippen LogP contribution in [0.1, 0.15) is 55.5 Å². The highest BCUT2D eigenvalue weighted by molar-refractivity contribution is 7.86. The molecule has 2 saturated carbocycles. The molecular formula is C16H20N6O3S. The number of nitrogens with zero attached hydrogens (tertiary/aromatic N) is 5. The van der Waals surface area contributed by atoms with Gasteiger partial charge in [-0.3, -0.25) is 0 Å². The lowest BCUT2D eigenvalue weighted by molar-refractivity contribution is 0.249. The van der Waals surface area contributed by atoms with E-state index in [1.165, 1.54) is 4.31 Å². The third-order valence-electron chi connectivity index (χ3n) is 5.96. The number of aromatic nitrogens is 4. The van der Waals surface area contributed by atoms with Gasteiger partial charge in [-0.05, 0) is 43.6 Å². The molecule has 2 aliphatic carbocycles. The van der Waals surface area contributed by atoms with Crippen molar-refractivity contribution in [2.24, 2.45) is 10.6 Å². The van der Waals surface area contributed by atoms with Gasteiger partial charge in [0.2, 0.25) is 0 Å². The minimum Gasteiger partial charge on any atom is -0.334 e. The van der Waals surface area contributed by atoms with Crippen molar-refractivity contribution >= 4 is 10.2 Å². The van der Waals surface area contributed by atoms with Crippen molar-refractivity contribution in [3.63, 3.8) is 0 Å². The Hall–Kier alpha value is -1.91. The Kier molecular flexibility index (Phi) is 3.47. The fraction of sp³-hybridized carbons (Fsp3) is 0.625. The maximum atomic E-state index is 11.5. The van der Waals surface area contributed by atoms with Crippen LogP contribution in [0.2, 0.25) is 0 Å². The maximum Gasteiger partial charge on any atom is 0.276 e. The summed E-state index contributed by atoms with van der Waals surface area (Å²) in [5.74, 6) is 1.88. The molecule has 1 aliphatic heterocycles. The molecule has 3 fully saturated rings. The van der Waals surface area contributed by atoms with Crippen molar-refractivity contribution in [3.8, 4) is 11.5 Å². The van der Waals surface area contributed by atoms with Gasteiger partial charge in [-0.2, -0.15) is 27.9 Å². The topological polar surface area (TPSA) is 128 Å². The molecule has 1 saturated heterocycles. The van der Waals surface area contributed by atoms with Crippen molar-refractivity contribution in [3.05, 3.63) is 23.8 Å². The van der Waals surface area contributed by atoms with Crippen LogP contribution in [0, 0.1) is 5.41 Å². The average Bonchev–Trinajstić information content (AvgIpc) is 3.53. The van der Waals surface area contributed by atoms with Crippen molar-refractivity contribution < 1.29 is 12.9 Å². The van der Waals surface area contributed by atoms with Gasteiger partial charge in [-0.1, -0.05) is 5.16 Å². The van der Waals surface area contributed by atoms with Crippen molar-refractivity contribution in [1.29, 1.82) is 0 Å². The van der Waals surface area contributed by atoms with Crippen molar-refractivity contribution in [1.82, 2.24) is 24.6 Å². The van der Waals surface area contributed by atoms with Crippen LogP contribution in [0.4, 0.5) is 0 Å². The highest BCUT2D eigenvalue weighted by Gasteiger charge is 2.58. The van der Waals surface area contributed by atoms with E-state index >= 15 is 0 Å². The van der Waals surface area contributed by atoms with Gasteiger partial charge in [-0.25, -0.2) is 5.14 Å². The van der Waals surface area contributed by atoms with E-state index in [2.05, 4.69) is 20.3 Å². The molecule has 3 heterocycles.